The summed E-state index contributed by atoms with van der Waals surface area (Å²) in [4.78, 5) is 40.5. The summed E-state index contributed by atoms with van der Waals surface area (Å²) in [5.74, 6) is -2.35. The highest BCUT2D eigenvalue weighted by Crippen LogP contribution is 2.15. The van der Waals surface area contributed by atoms with Crippen molar-refractivity contribution in [2.75, 3.05) is 11.9 Å². The molecular weight excluding hydrogens is 418 g/mol. The van der Waals surface area contributed by atoms with E-state index in [1.165, 1.54) is 28.8 Å². The standard InChI is InChI=1S/C23H22F2N4O3/c1-14-9-15(2)29(23(32)27-14)8-7-26-22(31)17-10-18(24)13-19(11-17)28-21(30)12-16-5-3-4-6-20(16)25/h3-6,9-11,13H,7-8,12H2,1-2H3,(H,26,31)(H,28,30). The number of nitrogens with one attached hydrogen (secondary N) is 2. The largest absolute Gasteiger partial charge is 0.350 e. The molecule has 166 valence electrons. The molecule has 1 aromatic heterocycles. The molecule has 0 atom stereocenters. The van der Waals surface area contributed by atoms with Gasteiger partial charge in [0, 0.05) is 35.7 Å². The van der Waals surface area contributed by atoms with Crippen LogP contribution in [-0.2, 0) is 17.8 Å². The quantitative estimate of drug-likeness (QED) is 0.591. The Kier molecular flexibility index (Phi) is 7.09. The molecule has 0 spiro atoms. The average molecular weight is 440 g/mol. The fourth-order valence-corrected chi connectivity index (χ4v) is 3.24. The van der Waals surface area contributed by atoms with E-state index >= 15 is 0 Å². The first-order valence-corrected chi connectivity index (χ1v) is 9.90. The van der Waals surface area contributed by atoms with Crippen LogP contribution in [0.1, 0.15) is 27.3 Å². The van der Waals surface area contributed by atoms with Crippen LogP contribution in [0.5, 0.6) is 0 Å². The first kappa shape index (κ1) is 22.8. The van der Waals surface area contributed by atoms with Gasteiger partial charge in [0.15, 0.2) is 0 Å². The van der Waals surface area contributed by atoms with E-state index in [4.69, 9.17) is 0 Å². The van der Waals surface area contributed by atoms with Gasteiger partial charge < -0.3 is 10.6 Å². The molecule has 32 heavy (non-hydrogen) atoms. The summed E-state index contributed by atoms with van der Waals surface area (Å²) < 4.78 is 29.2. The summed E-state index contributed by atoms with van der Waals surface area (Å²) >= 11 is 0. The Morgan fingerprint density at radius 1 is 1.06 bits per heavy atom. The van der Waals surface area contributed by atoms with Crippen molar-refractivity contribution in [1.82, 2.24) is 14.9 Å². The third-order valence-corrected chi connectivity index (χ3v) is 4.72. The van der Waals surface area contributed by atoms with Crippen LogP contribution in [0.25, 0.3) is 0 Å². The Morgan fingerprint density at radius 2 is 1.81 bits per heavy atom. The van der Waals surface area contributed by atoms with Gasteiger partial charge >= 0.3 is 5.69 Å². The number of anilines is 1. The second kappa shape index (κ2) is 9.95. The van der Waals surface area contributed by atoms with Crippen LogP contribution in [0.15, 0.2) is 53.3 Å². The molecular formula is C23H22F2N4O3. The Morgan fingerprint density at radius 3 is 2.53 bits per heavy atom. The van der Waals surface area contributed by atoms with E-state index in [-0.39, 0.29) is 36.3 Å². The van der Waals surface area contributed by atoms with Crippen LogP contribution in [0.2, 0.25) is 0 Å². The molecule has 0 aliphatic carbocycles. The van der Waals surface area contributed by atoms with E-state index in [0.717, 1.165) is 12.1 Å². The average Bonchev–Trinajstić information content (AvgIpc) is 2.71. The van der Waals surface area contributed by atoms with Gasteiger partial charge in [0.05, 0.1) is 6.42 Å². The molecule has 0 aliphatic rings. The summed E-state index contributed by atoms with van der Waals surface area (Å²) in [6.07, 6.45) is -0.233. The highest BCUT2D eigenvalue weighted by Gasteiger charge is 2.13. The summed E-state index contributed by atoms with van der Waals surface area (Å²) in [5.41, 5.74) is 1.18. The third-order valence-electron chi connectivity index (χ3n) is 4.72. The minimum absolute atomic E-state index is 0.00251. The molecule has 0 unspecified atom stereocenters. The number of carbonyl (C=O) groups excluding carboxylic acids is 2. The summed E-state index contributed by atoms with van der Waals surface area (Å²) in [5, 5.41) is 5.09. The monoisotopic (exact) mass is 440 g/mol. The van der Waals surface area contributed by atoms with Gasteiger partial charge in [-0.05, 0) is 49.7 Å². The van der Waals surface area contributed by atoms with Crippen molar-refractivity contribution in [3.8, 4) is 0 Å². The molecule has 0 saturated heterocycles. The molecule has 2 N–H and O–H groups in total. The van der Waals surface area contributed by atoms with Crippen molar-refractivity contribution in [1.29, 1.82) is 0 Å². The molecule has 0 saturated carbocycles. The third kappa shape index (κ3) is 5.84. The molecule has 3 aromatic rings. The lowest BCUT2D eigenvalue weighted by Gasteiger charge is -2.12. The van der Waals surface area contributed by atoms with E-state index in [9.17, 15) is 23.2 Å². The molecule has 0 bridgehead atoms. The number of amides is 2. The van der Waals surface area contributed by atoms with Crippen LogP contribution < -0.4 is 16.3 Å². The molecule has 0 aliphatic heterocycles. The second-order valence-corrected chi connectivity index (χ2v) is 7.27. The van der Waals surface area contributed by atoms with E-state index in [1.54, 1.807) is 26.0 Å². The van der Waals surface area contributed by atoms with Crippen molar-refractivity contribution < 1.29 is 18.4 Å². The first-order chi connectivity index (χ1) is 15.2. The zero-order chi connectivity index (χ0) is 23.3. The molecule has 9 heteroatoms. The number of nitrogens with zero attached hydrogens (tertiary/aromatic N) is 2. The number of hydrogen-bond donors (Lipinski definition) is 2. The van der Waals surface area contributed by atoms with Gasteiger partial charge in [-0.3, -0.25) is 14.2 Å². The van der Waals surface area contributed by atoms with Gasteiger partial charge in [-0.15, -0.1) is 0 Å². The fourth-order valence-electron chi connectivity index (χ4n) is 3.24. The van der Waals surface area contributed by atoms with Crippen molar-refractivity contribution in [2.24, 2.45) is 0 Å². The number of rotatable bonds is 7. The van der Waals surface area contributed by atoms with E-state index < -0.39 is 29.1 Å². The number of halogens is 2. The minimum Gasteiger partial charge on any atom is -0.350 e. The van der Waals surface area contributed by atoms with Crippen LogP contribution in [0.3, 0.4) is 0 Å². The SMILES string of the molecule is Cc1cc(C)n(CCNC(=O)c2cc(F)cc(NC(=O)Cc3ccccc3F)c2)c(=O)n1. The van der Waals surface area contributed by atoms with Crippen LogP contribution in [0, 0.1) is 25.5 Å². The molecule has 3 rings (SSSR count). The maximum Gasteiger partial charge on any atom is 0.348 e. The zero-order valence-corrected chi connectivity index (χ0v) is 17.6. The van der Waals surface area contributed by atoms with Gasteiger partial charge in [-0.25, -0.2) is 13.6 Å². The number of aromatic nitrogens is 2. The lowest BCUT2D eigenvalue weighted by molar-refractivity contribution is -0.115. The number of hydrogen-bond acceptors (Lipinski definition) is 4. The fraction of sp³-hybridized carbons (Fsp3) is 0.217. The molecule has 0 fully saturated rings. The zero-order valence-electron chi connectivity index (χ0n) is 17.6. The van der Waals surface area contributed by atoms with Crippen LogP contribution >= 0.6 is 0 Å². The summed E-state index contributed by atoms with van der Waals surface area (Å²) in [6, 6.07) is 11.0. The molecule has 7 nitrogen and oxygen atoms in total. The number of carbonyl (C=O) groups is 2. The molecule has 2 amide bonds. The van der Waals surface area contributed by atoms with Crippen molar-refractivity contribution in [3.05, 3.63) is 93.2 Å². The molecule has 2 aromatic carbocycles. The Balaban J connectivity index is 1.63. The molecule has 0 radical (unpaired) electrons. The van der Waals surface area contributed by atoms with Gasteiger partial charge in [-0.2, -0.15) is 4.98 Å². The van der Waals surface area contributed by atoms with Crippen molar-refractivity contribution in [3.63, 3.8) is 0 Å². The first-order valence-electron chi connectivity index (χ1n) is 9.90. The highest BCUT2D eigenvalue weighted by molar-refractivity contribution is 5.97. The normalized spacial score (nSPS) is 10.6. The number of benzene rings is 2. The van der Waals surface area contributed by atoms with Crippen LogP contribution in [0.4, 0.5) is 14.5 Å². The van der Waals surface area contributed by atoms with Gasteiger partial charge in [0.2, 0.25) is 5.91 Å². The number of aryl methyl sites for hydroxylation is 2. The Bertz CT molecular complexity index is 1220. The van der Waals surface area contributed by atoms with Gasteiger partial charge in [-0.1, -0.05) is 18.2 Å². The maximum atomic E-state index is 14.0. The van der Waals surface area contributed by atoms with E-state index in [0.29, 0.717) is 11.4 Å². The lowest BCUT2D eigenvalue weighted by Crippen LogP contribution is -2.33. The Hall–Kier alpha value is -3.88. The lowest BCUT2D eigenvalue weighted by atomic mass is 10.1. The topological polar surface area (TPSA) is 93.1 Å². The van der Waals surface area contributed by atoms with Crippen LogP contribution in [-0.4, -0.2) is 27.9 Å². The predicted octanol–water partition coefficient (Wildman–Crippen LogP) is 2.75. The molecule has 1 heterocycles. The smallest absolute Gasteiger partial charge is 0.348 e. The Labute approximate surface area is 183 Å². The highest BCUT2D eigenvalue weighted by atomic mass is 19.1. The predicted molar refractivity (Wildman–Crippen MR) is 115 cm³/mol. The van der Waals surface area contributed by atoms with Crippen molar-refractivity contribution in [2.45, 2.75) is 26.8 Å². The van der Waals surface area contributed by atoms with Gasteiger partial charge in [0.25, 0.3) is 5.91 Å². The second-order valence-electron chi connectivity index (χ2n) is 7.27. The van der Waals surface area contributed by atoms with Gasteiger partial charge in [0.1, 0.15) is 11.6 Å². The summed E-state index contributed by atoms with van der Waals surface area (Å²) in [7, 11) is 0. The van der Waals surface area contributed by atoms with Crippen molar-refractivity contribution >= 4 is 17.5 Å². The van der Waals surface area contributed by atoms with E-state index in [2.05, 4.69) is 15.6 Å². The minimum atomic E-state index is -0.714. The summed E-state index contributed by atoms with van der Waals surface area (Å²) in [6.45, 7) is 3.80. The maximum absolute atomic E-state index is 14.0. The van der Waals surface area contributed by atoms with E-state index in [1.807, 2.05) is 0 Å².